The minimum Gasteiger partial charge on any atom is -0.334 e. The molecule has 4 rings (SSSR count). The van der Waals surface area contributed by atoms with Gasteiger partial charge in [-0.15, -0.1) is 0 Å². The fraction of sp³-hybridized carbons (Fsp3) is 0.208. The molecule has 0 fully saturated rings. The highest BCUT2D eigenvalue weighted by Crippen LogP contribution is 2.26. The van der Waals surface area contributed by atoms with Gasteiger partial charge >= 0.3 is 6.03 Å². The number of amides is 2. The SMILES string of the molecule is C[NH+]1CCc2cc(CS(=O)(=O)c3ccc(NC(=O)NCc4cccc(Cl)c4Cl)cc3)ccc21. The summed E-state index contributed by atoms with van der Waals surface area (Å²) in [4.78, 5) is 13.8. The van der Waals surface area contributed by atoms with E-state index >= 15 is 0 Å². The number of anilines is 1. The Morgan fingerprint density at radius 1 is 1.06 bits per heavy atom. The van der Waals surface area contributed by atoms with Crippen LogP contribution in [0.5, 0.6) is 0 Å². The molecule has 33 heavy (non-hydrogen) atoms. The minimum absolute atomic E-state index is 0.0625. The van der Waals surface area contributed by atoms with Crippen LogP contribution < -0.4 is 15.5 Å². The average Bonchev–Trinajstić information content (AvgIpc) is 3.15. The predicted octanol–water partition coefficient (Wildman–Crippen LogP) is 3.99. The molecule has 1 unspecified atom stereocenters. The lowest BCUT2D eigenvalue weighted by atomic mass is 10.1. The monoisotopic (exact) mass is 504 g/mol. The second-order valence-corrected chi connectivity index (χ2v) is 10.9. The molecule has 6 nitrogen and oxygen atoms in total. The predicted molar refractivity (Wildman–Crippen MR) is 131 cm³/mol. The maximum atomic E-state index is 12.9. The van der Waals surface area contributed by atoms with Crippen LogP contribution in [-0.2, 0) is 28.6 Å². The summed E-state index contributed by atoms with van der Waals surface area (Å²) in [6.07, 6.45) is 0.959. The highest BCUT2D eigenvalue weighted by molar-refractivity contribution is 7.90. The van der Waals surface area contributed by atoms with Gasteiger partial charge in [0.15, 0.2) is 9.84 Å². The van der Waals surface area contributed by atoms with Crippen molar-refractivity contribution in [3.63, 3.8) is 0 Å². The summed E-state index contributed by atoms with van der Waals surface area (Å²) >= 11 is 12.1. The van der Waals surface area contributed by atoms with E-state index in [0.29, 0.717) is 21.3 Å². The number of sulfone groups is 1. The first kappa shape index (κ1) is 23.6. The maximum absolute atomic E-state index is 12.9. The van der Waals surface area contributed by atoms with Crippen LogP contribution in [0.15, 0.2) is 65.6 Å². The van der Waals surface area contributed by atoms with Crippen LogP contribution in [-0.4, -0.2) is 28.0 Å². The molecule has 3 aromatic rings. The van der Waals surface area contributed by atoms with Crippen molar-refractivity contribution in [3.05, 3.63) is 87.4 Å². The van der Waals surface area contributed by atoms with Gasteiger partial charge in [0.1, 0.15) is 5.69 Å². The van der Waals surface area contributed by atoms with Gasteiger partial charge in [-0.25, -0.2) is 13.2 Å². The molecule has 0 aromatic heterocycles. The van der Waals surface area contributed by atoms with Gasteiger partial charge in [0.2, 0.25) is 0 Å². The third kappa shape index (κ3) is 5.50. The quantitative estimate of drug-likeness (QED) is 0.474. The fourth-order valence-corrected chi connectivity index (χ4v) is 5.62. The number of carbonyl (C=O) groups excluding carboxylic acids is 1. The van der Waals surface area contributed by atoms with Gasteiger partial charge in [0.05, 0.1) is 34.3 Å². The van der Waals surface area contributed by atoms with Gasteiger partial charge in [0, 0.05) is 24.2 Å². The lowest BCUT2D eigenvalue weighted by Crippen LogP contribution is -3.02. The molecule has 0 radical (unpaired) electrons. The molecule has 0 spiro atoms. The fourth-order valence-electron chi connectivity index (χ4n) is 3.90. The van der Waals surface area contributed by atoms with Crippen LogP contribution in [0, 0.1) is 0 Å². The molecule has 0 saturated heterocycles. The van der Waals surface area contributed by atoms with E-state index < -0.39 is 15.9 Å². The number of fused-ring (bicyclic) bond motifs is 1. The van der Waals surface area contributed by atoms with Crippen molar-refractivity contribution in [2.75, 3.05) is 18.9 Å². The molecule has 1 aliphatic heterocycles. The minimum atomic E-state index is -3.51. The number of quaternary nitrogens is 1. The van der Waals surface area contributed by atoms with E-state index in [1.165, 1.54) is 28.3 Å². The van der Waals surface area contributed by atoms with Gasteiger partial charge < -0.3 is 15.5 Å². The van der Waals surface area contributed by atoms with Gasteiger partial charge in [-0.1, -0.05) is 41.4 Å². The molecule has 0 aliphatic carbocycles. The molecule has 0 saturated carbocycles. The van der Waals surface area contributed by atoms with Crippen LogP contribution in [0.1, 0.15) is 16.7 Å². The van der Waals surface area contributed by atoms with Crippen molar-refractivity contribution in [2.45, 2.75) is 23.6 Å². The van der Waals surface area contributed by atoms with Crippen LogP contribution in [0.2, 0.25) is 10.0 Å². The van der Waals surface area contributed by atoms with E-state index in [1.54, 1.807) is 30.3 Å². The summed E-state index contributed by atoms with van der Waals surface area (Å²) in [5, 5.41) is 6.20. The van der Waals surface area contributed by atoms with E-state index in [2.05, 4.69) is 17.7 Å². The van der Waals surface area contributed by atoms with Crippen LogP contribution in [0.25, 0.3) is 0 Å². The molecular formula is C24H24Cl2N3O3S+. The molecule has 1 aliphatic rings. The van der Waals surface area contributed by atoms with Gasteiger partial charge in [0.25, 0.3) is 0 Å². The third-order valence-electron chi connectivity index (χ3n) is 5.70. The van der Waals surface area contributed by atoms with Crippen molar-refractivity contribution in [3.8, 4) is 0 Å². The summed E-state index contributed by atoms with van der Waals surface area (Å²) in [6, 6.07) is 16.8. The summed E-state index contributed by atoms with van der Waals surface area (Å²) in [6.45, 7) is 1.23. The molecule has 1 atom stereocenters. The number of carbonyl (C=O) groups is 1. The molecular weight excluding hydrogens is 481 g/mol. The van der Waals surface area contributed by atoms with Crippen LogP contribution in [0.3, 0.4) is 0 Å². The van der Waals surface area contributed by atoms with Gasteiger partial charge in [-0.2, -0.15) is 0 Å². The molecule has 172 valence electrons. The largest absolute Gasteiger partial charge is 0.334 e. The standard InChI is InChI=1S/C24H23Cl2N3O3S/c1-29-12-11-17-13-16(5-10-22(17)29)15-33(31,32)20-8-6-19(7-9-20)28-24(30)27-14-18-3-2-4-21(25)23(18)26/h2-10,13H,11-12,14-15H2,1H3,(H2,27,28,30)/p+1. The van der Waals surface area contributed by atoms with E-state index in [9.17, 15) is 13.2 Å². The zero-order valence-electron chi connectivity index (χ0n) is 18.0. The smallest absolute Gasteiger partial charge is 0.319 e. The zero-order chi connectivity index (χ0) is 23.6. The van der Waals surface area contributed by atoms with Crippen molar-refractivity contribution < 1.29 is 18.1 Å². The average molecular weight is 505 g/mol. The first-order valence-corrected chi connectivity index (χ1v) is 12.9. The number of hydrogen-bond donors (Lipinski definition) is 3. The summed E-state index contributed by atoms with van der Waals surface area (Å²) in [5.74, 6) is -0.0625. The Morgan fingerprint density at radius 2 is 1.82 bits per heavy atom. The number of benzene rings is 3. The van der Waals surface area contributed by atoms with E-state index in [1.807, 2.05) is 18.2 Å². The summed E-state index contributed by atoms with van der Waals surface area (Å²) < 4.78 is 25.8. The number of nitrogens with one attached hydrogen (secondary N) is 3. The van der Waals surface area contributed by atoms with E-state index in [-0.39, 0.29) is 17.2 Å². The normalized spacial score (nSPS) is 15.2. The summed E-state index contributed by atoms with van der Waals surface area (Å²) in [7, 11) is -1.39. The lowest BCUT2D eigenvalue weighted by Gasteiger charge is -2.11. The van der Waals surface area contributed by atoms with E-state index in [4.69, 9.17) is 23.2 Å². The topological polar surface area (TPSA) is 79.7 Å². The second kappa shape index (κ2) is 9.73. The Morgan fingerprint density at radius 3 is 2.58 bits per heavy atom. The summed E-state index contributed by atoms with van der Waals surface area (Å²) in [5.41, 5.74) is 4.41. The Hall–Kier alpha value is -2.58. The zero-order valence-corrected chi connectivity index (χ0v) is 20.3. The molecule has 3 aromatic carbocycles. The Labute approximate surface area is 203 Å². The molecule has 0 bridgehead atoms. The number of halogens is 2. The molecule has 1 heterocycles. The molecule has 9 heteroatoms. The van der Waals surface area contributed by atoms with Crippen molar-refractivity contribution in [2.24, 2.45) is 0 Å². The van der Waals surface area contributed by atoms with Crippen LogP contribution >= 0.6 is 23.2 Å². The molecule has 2 amide bonds. The van der Waals surface area contributed by atoms with Crippen molar-refractivity contribution in [1.29, 1.82) is 0 Å². The Kier molecular flexibility index (Phi) is 6.95. The van der Waals surface area contributed by atoms with Crippen molar-refractivity contribution in [1.82, 2.24) is 5.32 Å². The highest BCUT2D eigenvalue weighted by atomic mass is 35.5. The number of rotatable bonds is 6. The third-order valence-corrected chi connectivity index (χ3v) is 8.26. The second-order valence-electron chi connectivity index (χ2n) is 8.08. The number of hydrogen-bond acceptors (Lipinski definition) is 3. The van der Waals surface area contributed by atoms with Crippen LogP contribution in [0.4, 0.5) is 16.2 Å². The number of urea groups is 1. The molecule has 3 N–H and O–H groups in total. The first-order valence-electron chi connectivity index (χ1n) is 10.5. The highest BCUT2D eigenvalue weighted by Gasteiger charge is 2.23. The lowest BCUT2D eigenvalue weighted by molar-refractivity contribution is -0.803. The Bertz CT molecular complexity index is 1290. The van der Waals surface area contributed by atoms with Crippen molar-refractivity contribution >= 4 is 50.4 Å². The first-order chi connectivity index (χ1) is 15.7. The van der Waals surface area contributed by atoms with E-state index in [0.717, 1.165) is 18.5 Å². The number of likely N-dealkylation sites (N-methyl/N-ethyl adjacent to an activating group) is 1. The Balaban J connectivity index is 1.37. The maximum Gasteiger partial charge on any atom is 0.319 e. The van der Waals surface area contributed by atoms with Gasteiger partial charge in [-0.3, -0.25) is 0 Å². The van der Waals surface area contributed by atoms with Gasteiger partial charge in [-0.05, 0) is 53.6 Å².